The number of anilines is 3. The van der Waals surface area contributed by atoms with Gasteiger partial charge in [-0.1, -0.05) is 12.1 Å². The molecule has 1 aliphatic rings. The smallest absolute Gasteiger partial charge is 0.274 e. The lowest BCUT2D eigenvalue weighted by Crippen LogP contribution is -2.15. The molecule has 136 valence electrons. The maximum absolute atomic E-state index is 12.6. The van der Waals surface area contributed by atoms with E-state index in [-0.39, 0.29) is 18.4 Å². The van der Waals surface area contributed by atoms with Gasteiger partial charge in [0.1, 0.15) is 17.8 Å². The molecule has 2 aromatic carbocycles. The molecule has 0 radical (unpaired) electrons. The van der Waals surface area contributed by atoms with Crippen LogP contribution in [0.5, 0.6) is 11.5 Å². The van der Waals surface area contributed by atoms with E-state index in [0.29, 0.717) is 17.3 Å². The molecular formula is C20H18N4O3. The summed E-state index contributed by atoms with van der Waals surface area (Å²) in [7, 11) is 0. The fraction of sp³-hybridized carbons (Fsp3) is 0.150. The molecule has 1 aromatic heterocycles. The molecule has 0 bridgehead atoms. The van der Waals surface area contributed by atoms with Crippen molar-refractivity contribution in [3.05, 3.63) is 65.6 Å². The molecule has 4 rings (SSSR count). The van der Waals surface area contributed by atoms with Crippen LogP contribution in [0.1, 0.15) is 21.6 Å². The monoisotopic (exact) mass is 362 g/mol. The van der Waals surface area contributed by atoms with Crippen LogP contribution >= 0.6 is 0 Å². The molecule has 3 aromatic rings. The molecule has 1 aliphatic heterocycles. The molecule has 1 amide bonds. The third kappa shape index (κ3) is 3.67. The summed E-state index contributed by atoms with van der Waals surface area (Å²) in [6.45, 7) is 4.14. The summed E-state index contributed by atoms with van der Waals surface area (Å²) < 4.78 is 10.7. The molecule has 0 fully saturated rings. The van der Waals surface area contributed by atoms with Gasteiger partial charge in [-0.15, -0.1) is 0 Å². The summed E-state index contributed by atoms with van der Waals surface area (Å²) in [5.74, 6) is 1.59. The van der Waals surface area contributed by atoms with Crippen LogP contribution in [0.25, 0.3) is 0 Å². The van der Waals surface area contributed by atoms with Crippen molar-refractivity contribution >= 4 is 23.1 Å². The lowest BCUT2D eigenvalue weighted by molar-refractivity contribution is 0.102. The molecule has 27 heavy (non-hydrogen) atoms. The first kappa shape index (κ1) is 16.8. The Bertz CT molecular complexity index is 1020. The molecule has 2 heterocycles. The third-order valence-electron chi connectivity index (χ3n) is 4.19. The number of nitrogens with one attached hydrogen (secondary N) is 2. The Hall–Kier alpha value is -3.61. The van der Waals surface area contributed by atoms with Crippen LogP contribution in [0.3, 0.4) is 0 Å². The van der Waals surface area contributed by atoms with Gasteiger partial charge in [-0.25, -0.2) is 9.97 Å². The minimum absolute atomic E-state index is 0.217. The first-order valence-corrected chi connectivity index (χ1v) is 8.46. The van der Waals surface area contributed by atoms with E-state index in [2.05, 4.69) is 20.6 Å². The zero-order chi connectivity index (χ0) is 18.8. The van der Waals surface area contributed by atoms with Crippen LogP contribution in [0, 0.1) is 13.8 Å². The molecule has 7 heteroatoms. The predicted octanol–water partition coefficient (Wildman–Crippen LogP) is 3.82. The Balaban J connectivity index is 1.52. The van der Waals surface area contributed by atoms with Gasteiger partial charge in [-0.05, 0) is 43.2 Å². The Morgan fingerprint density at radius 2 is 1.85 bits per heavy atom. The number of aryl methyl sites for hydroxylation is 2. The lowest BCUT2D eigenvalue weighted by Gasteiger charge is -2.10. The molecular weight excluding hydrogens is 344 g/mol. The Morgan fingerprint density at radius 3 is 2.74 bits per heavy atom. The van der Waals surface area contributed by atoms with Crippen LogP contribution < -0.4 is 20.1 Å². The van der Waals surface area contributed by atoms with Crippen LogP contribution in [0.15, 0.2) is 48.8 Å². The van der Waals surface area contributed by atoms with Gasteiger partial charge < -0.3 is 20.1 Å². The standard InChI is InChI=1S/C20H18N4O3/c1-12-3-4-13(2)15(7-12)24-20(25)16-9-19(22-10-21-16)23-14-5-6-17-18(8-14)27-11-26-17/h3-10H,11H2,1-2H3,(H,24,25)(H,21,22,23). The topological polar surface area (TPSA) is 85.4 Å². The molecule has 0 atom stereocenters. The quantitative estimate of drug-likeness (QED) is 0.734. The van der Waals surface area contributed by atoms with E-state index in [1.807, 2.05) is 50.2 Å². The molecule has 0 aliphatic carbocycles. The van der Waals surface area contributed by atoms with Gasteiger partial charge in [-0.2, -0.15) is 0 Å². The van der Waals surface area contributed by atoms with Crippen molar-refractivity contribution in [2.24, 2.45) is 0 Å². The lowest BCUT2D eigenvalue weighted by atomic mass is 10.1. The second kappa shape index (κ2) is 6.95. The molecule has 2 N–H and O–H groups in total. The van der Waals surface area contributed by atoms with Crippen LogP contribution in [-0.2, 0) is 0 Å². The third-order valence-corrected chi connectivity index (χ3v) is 4.19. The maximum Gasteiger partial charge on any atom is 0.274 e. The highest BCUT2D eigenvalue weighted by Crippen LogP contribution is 2.34. The van der Waals surface area contributed by atoms with Gasteiger partial charge in [0.15, 0.2) is 11.5 Å². The average Bonchev–Trinajstić information content (AvgIpc) is 3.13. The van der Waals surface area contributed by atoms with Crippen molar-refractivity contribution in [2.75, 3.05) is 17.4 Å². The second-order valence-electron chi connectivity index (χ2n) is 6.25. The molecule has 0 unspecified atom stereocenters. The Labute approximate surface area is 156 Å². The Morgan fingerprint density at radius 1 is 1.00 bits per heavy atom. The normalized spacial score (nSPS) is 11.9. The number of carbonyl (C=O) groups excluding carboxylic acids is 1. The van der Waals surface area contributed by atoms with E-state index in [9.17, 15) is 4.79 Å². The number of ether oxygens (including phenoxy) is 2. The summed E-state index contributed by atoms with van der Waals surface area (Å²) in [5.41, 5.74) is 3.88. The molecule has 7 nitrogen and oxygen atoms in total. The molecule has 0 saturated heterocycles. The first-order chi connectivity index (χ1) is 13.1. The fourth-order valence-electron chi connectivity index (χ4n) is 2.73. The van der Waals surface area contributed by atoms with Crippen LogP contribution in [0.2, 0.25) is 0 Å². The van der Waals surface area contributed by atoms with E-state index < -0.39 is 0 Å². The number of rotatable bonds is 4. The van der Waals surface area contributed by atoms with Gasteiger partial charge in [-0.3, -0.25) is 4.79 Å². The van der Waals surface area contributed by atoms with Crippen molar-refractivity contribution in [1.82, 2.24) is 9.97 Å². The van der Waals surface area contributed by atoms with E-state index in [1.54, 1.807) is 6.07 Å². The average molecular weight is 362 g/mol. The van der Waals surface area contributed by atoms with E-state index in [0.717, 1.165) is 22.5 Å². The number of fused-ring (bicyclic) bond motifs is 1. The van der Waals surface area contributed by atoms with Crippen molar-refractivity contribution < 1.29 is 14.3 Å². The number of hydrogen-bond acceptors (Lipinski definition) is 6. The summed E-state index contributed by atoms with van der Waals surface area (Å²) in [4.78, 5) is 20.8. The molecule has 0 spiro atoms. The number of benzene rings is 2. The van der Waals surface area contributed by atoms with Gasteiger partial charge >= 0.3 is 0 Å². The van der Waals surface area contributed by atoms with E-state index in [1.165, 1.54) is 6.33 Å². The number of nitrogens with zero attached hydrogens (tertiary/aromatic N) is 2. The predicted molar refractivity (Wildman–Crippen MR) is 102 cm³/mol. The largest absolute Gasteiger partial charge is 0.454 e. The highest BCUT2D eigenvalue weighted by Gasteiger charge is 2.14. The Kier molecular flexibility index (Phi) is 4.33. The summed E-state index contributed by atoms with van der Waals surface area (Å²) in [6.07, 6.45) is 1.35. The first-order valence-electron chi connectivity index (χ1n) is 8.46. The van der Waals surface area contributed by atoms with Crippen molar-refractivity contribution in [2.45, 2.75) is 13.8 Å². The van der Waals surface area contributed by atoms with Gasteiger partial charge in [0, 0.05) is 23.5 Å². The van der Waals surface area contributed by atoms with Crippen molar-refractivity contribution in [3.8, 4) is 11.5 Å². The summed E-state index contributed by atoms with van der Waals surface area (Å²) in [6, 6.07) is 13.0. The minimum atomic E-state index is -0.292. The van der Waals surface area contributed by atoms with Gasteiger partial charge in [0.25, 0.3) is 5.91 Å². The zero-order valence-corrected chi connectivity index (χ0v) is 14.9. The van der Waals surface area contributed by atoms with Gasteiger partial charge in [0.05, 0.1) is 0 Å². The van der Waals surface area contributed by atoms with Crippen molar-refractivity contribution in [1.29, 1.82) is 0 Å². The maximum atomic E-state index is 12.6. The zero-order valence-electron chi connectivity index (χ0n) is 14.9. The summed E-state index contributed by atoms with van der Waals surface area (Å²) in [5, 5.41) is 6.05. The van der Waals surface area contributed by atoms with E-state index >= 15 is 0 Å². The van der Waals surface area contributed by atoms with Crippen LogP contribution in [-0.4, -0.2) is 22.7 Å². The second-order valence-corrected chi connectivity index (χ2v) is 6.25. The SMILES string of the molecule is Cc1ccc(C)c(NC(=O)c2cc(Nc3ccc4c(c3)OCO4)ncn2)c1. The number of carbonyl (C=O) groups is 1. The van der Waals surface area contributed by atoms with E-state index in [4.69, 9.17) is 9.47 Å². The number of hydrogen-bond donors (Lipinski definition) is 2. The van der Waals surface area contributed by atoms with Gasteiger partial charge in [0.2, 0.25) is 6.79 Å². The highest BCUT2D eigenvalue weighted by molar-refractivity contribution is 6.03. The number of amides is 1. The highest BCUT2D eigenvalue weighted by atomic mass is 16.7. The molecule has 0 saturated carbocycles. The number of aromatic nitrogens is 2. The minimum Gasteiger partial charge on any atom is -0.454 e. The van der Waals surface area contributed by atoms with Crippen molar-refractivity contribution in [3.63, 3.8) is 0 Å². The van der Waals surface area contributed by atoms with Crippen LogP contribution in [0.4, 0.5) is 17.2 Å². The fourth-order valence-corrected chi connectivity index (χ4v) is 2.73. The summed E-state index contributed by atoms with van der Waals surface area (Å²) >= 11 is 0.